The maximum atomic E-state index is 10.5. The molecule has 0 bridgehead atoms. The average Bonchev–Trinajstić information content (AvgIpc) is 2.12. The van der Waals surface area contributed by atoms with Crippen molar-refractivity contribution in [3.63, 3.8) is 0 Å². The van der Waals surface area contributed by atoms with E-state index in [4.69, 9.17) is 22.4 Å². The zero-order valence-corrected chi connectivity index (χ0v) is 8.03. The van der Waals surface area contributed by atoms with Crippen LogP contribution < -0.4 is 5.73 Å². The number of phenolic OH excluding ortho intramolecular Hbond substituents is 1. The first kappa shape index (κ1) is 10.8. The Morgan fingerprint density at radius 3 is 2.79 bits per heavy atom. The topological polar surface area (TPSA) is 83.5 Å². The van der Waals surface area contributed by atoms with E-state index >= 15 is 0 Å². The summed E-state index contributed by atoms with van der Waals surface area (Å²) in [4.78, 5) is 10.5. The molecule has 1 atom stereocenters. The van der Waals surface area contributed by atoms with Gasteiger partial charge in [0.2, 0.25) is 0 Å². The molecule has 0 saturated carbocycles. The summed E-state index contributed by atoms with van der Waals surface area (Å²) in [5, 5.41) is 18.2. The summed E-state index contributed by atoms with van der Waals surface area (Å²) in [5.74, 6) is -1.21. The summed E-state index contributed by atoms with van der Waals surface area (Å²) in [6, 6.07) is 3.71. The summed E-state index contributed by atoms with van der Waals surface area (Å²) in [6.45, 7) is 0. The van der Waals surface area contributed by atoms with E-state index in [0.717, 1.165) is 0 Å². The summed E-state index contributed by atoms with van der Waals surface area (Å²) < 4.78 is 0. The van der Waals surface area contributed by atoms with Crippen molar-refractivity contribution in [2.24, 2.45) is 5.73 Å². The maximum absolute atomic E-state index is 10.5. The van der Waals surface area contributed by atoms with E-state index < -0.39 is 12.0 Å². The van der Waals surface area contributed by atoms with Crippen molar-refractivity contribution in [2.45, 2.75) is 12.5 Å². The Hall–Kier alpha value is -1.26. The predicted molar refractivity (Wildman–Crippen MR) is 52.4 cm³/mol. The van der Waals surface area contributed by atoms with E-state index in [-0.39, 0.29) is 17.2 Å². The van der Waals surface area contributed by atoms with Crippen LogP contribution in [0, 0.1) is 0 Å². The second kappa shape index (κ2) is 4.30. The molecule has 0 amide bonds. The Labute approximate surface area is 85.9 Å². The molecular formula is C9H10ClNO3. The molecule has 1 aromatic carbocycles. The van der Waals surface area contributed by atoms with Crippen LogP contribution in [0.3, 0.4) is 0 Å². The second-order valence-corrected chi connectivity index (χ2v) is 3.30. The van der Waals surface area contributed by atoms with Crippen LogP contribution in [0.2, 0.25) is 5.02 Å². The van der Waals surface area contributed by atoms with Crippen molar-refractivity contribution >= 4 is 17.6 Å². The molecule has 0 radical (unpaired) electrons. The summed E-state index contributed by atoms with van der Waals surface area (Å²) in [6.07, 6.45) is 0.0573. The molecule has 5 heteroatoms. The molecule has 14 heavy (non-hydrogen) atoms. The quantitative estimate of drug-likeness (QED) is 0.703. The number of hydrogen-bond donors (Lipinski definition) is 3. The fourth-order valence-electron chi connectivity index (χ4n) is 1.05. The predicted octanol–water partition coefficient (Wildman–Crippen LogP) is 1.00. The van der Waals surface area contributed by atoms with Crippen LogP contribution >= 0.6 is 11.6 Å². The molecule has 0 fully saturated rings. The van der Waals surface area contributed by atoms with Crippen molar-refractivity contribution < 1.29 is 15.0 Å². The molecule has 1 rings (SSSR count). The number of carboxylic acid groups (broad SMARTS) is 1. The third-order valence-electron chi connectivity index (χ3n) is 1.83. The van der Waals surface area contributed by atoms with Gasteiger partial charge in [-0.15, -0.1) is 0 Å². The van der Waals surface area contributed by atoms with Crippen LogP contribution in [0.4, 0.5) is 0 Å². The number of hydrogen-bond acceptors (Lipinski definition) is 3. The largest absolute Gasteiger partial charge is 0.506 e. The lowest BCUT2D eigenvalue weighted by Crippen LogP contribution is -2.32. The first-order valence-electron chi connectivity index (χ1n) is 3.97. The molecule has 0 aliphatic rings. The number of nitrogens with two attached hydrogens (primary N) is 1. The fraction of sp³-hybridized carbons (Fsp3) is 0.222. The van der Waals surface area contributed by atoms with E-state index in [1.807, 2.05) is 0 Å². The van der Waals surface area contributed by atoms with Gasteiger partial charge in [0.15, 0.2) is 0 Å². The minimum atomic E-state index is -1.11. The highest BCUT2D eigenvalue weighted by atomic mass is 35.5. The van der Waals surface area contributed by atoms with Crippen LogP contribution in [0.25, 0.3) is 0 Å². The Morgan fingerprint density at radius 2 is 2.21 bits per heavy atom. The first-order chi connectivity index (χ1) is 6.52. The monoisotopic (exact) mass is 215 g/mol. The SMILES string of the molecule is N[C@H](Cc1cccc(Cl)c1O)C(=O)O. The van der Waals surface area contributed by atoms with Gasteiger partial charge in [0.25, 0.3) is 0 Å². The Balaban J connectivity index is 2.87. The number of aliphatic carboxylic acids is 1. The van der Waals surface area contributed by atoms with Gasteiger partial charge < -0.3 is 15.9 Å². The zero-order valence-electron chi connectivity index (χ0n) is 7.27. The van der Waals surface area contributed by atoms with Crippen molar-refractivity contribution in [3.8, 4) is 5.75 Å². The third-order valence-corrected chi connectivity index (χ3v) is 2.13. The molecule has 0 aliphatic carbocycles. The van der Waals surface area contributed by atoms with Crippen molar-refractivity contribution in [1.29, 1.82) is 0 Å². The minimum absolute atomic E-state index is 0.0573. The van der Waals surface area contributed by atoms with Crippen molar-refractivity contribution in [3.05, 3.63) is 28.8 Å². The van der Waals surface area contributed by atoms with Gasteiger partial charge in [-0.25, -0.2) is 0 Å². The second-order valence-electron chi connectivity index (χ2n) is 2.90. The summed E-state index contributed by atoms with van der Waals surface area (Å²) >= 11 is 5.64. The van der Waals surface area contributed by atoms with Crippen molar-refractivity contribution in [1.82, 2.24) is 0 Å². The van der Waals surface area contributed by atoms with Crippen LogP contribution in [-0.4, -0.2) is 22.2 Å². The van der Waals surface area contributed by atoms with E-state index in [0.29, 0.717) is 5.56 Å². The molecule has 4 nitrogen and oxygen atoms in total. The Kier molecular flexibility index (Phi) is 3.33. The van der Waals surface area contributed by atoms with E-state index in [1.165, 1.54) is 6.07 Å². The van der Waals surface area contributed by atoms with Gasteiger partial charge in [-0.3, -0.25) is 4.79 Å². The summed E-state index contributed by atoms with van der Waals surface area (Å²) in [7, 11) is 0. The molecular weight excluding hydrogens is 206 g/mol. The Bertz CT molecular complexity index is 354. The molecule has 0 saturated heterocycles. The van der Waals surface area contributed by atoms with Gasteiger partial charge in [-0.1, -0.05) is 23.7 Å². The first-order valence-corrected chi connectivity index (χ1v) is 4.35. The highest BCUT2D eigenvalue weighted by molar-refractivity contribution is 6.32. The number of benzene rings is 1. The van der Waals surface area contributed by atoms with Gasteiger partial charge in [0, 0.05) is 6.42 Å². The number of phenols is 1. The molecule has 76 valence electrons. The smallest absolute Gasteiger partial charge is 0.320 e. The highest BCUT2D eigenvalue weighted by Crippen LogP contribution is 2.27. The molecule has 0 unspecified atom stereocenters. The number of carboxylic acids is 1. The molecule has 0 heterocycles. The zero-order chi connectivity index (χ0) is 10.7. The number of aromatic hydroxyl groups is 1. The fourth-order valence-corrected chi connectivity index (χ4v) is 1.24. The van der Waals surface area contributed by atoms with Crippen LogP contribution in [-0.2, 0) is 11.2 Å². The van der Waals surface area contributed by atoms with E-state index in [1.54, 1.807) is 12.1 Å². The van der Waals surface area contributed by atoms with Gasteiger partial charge in [-0.2, -0.15) is 0 Å². The van der Waals surface area contributed by atoms with Gasteiger partial charge in [0.05, 0.1) is 5.02 Å². The molecule has 0 spiro atoms. The number of rotatable bonds is 3. The maximum Gasteiger partial charge on any atom is 0.320 e. The lowest BCUT2D eigenvalue weighted by Gasteiger charge is -2.08. The highest BCUT2D eigenvalue weighted by Gasteiger charge is 2.15. The molecule has 0 aliphatic heterocycles. The van der Waals surface area contributed by atoms with E-state index in [9.17, 15) is 9.90 Å². The third kappa shape index (κ3) is 2.37. The van der Waals surface area contributed by atoms with Gasteiger partial charge in [-0.05, 0) is 11.6 Å². The molecule has 1 aromatic rings. The molecule has 0 aromatic heterocycles. The van der Waals surface area contributed by atoms with Crippen LogP contribution in [0.15, 0.2) is 18.2 Å². The number of halogens is 1. The normalized spacial score (nSPS) is 12.4. The van der Waals surface area contributed by atoms with Crippen LogP contribution in [0.5, 0.6) is 5.75 Å². The lowest BCUT2D eigenvalue weighted by molar-refractivity contribution is -0.138. The number of para-hydroxylation sites is 1. The van der Waals surface area contributed by atoms with E-state index in [2.05, 4.69) is 0 Å². The van der Waals surface area contributed by atoms with Crippen LogP contribution in [0.1, 0.15) is 5.56 Å². The average molecular weight is 216 g/mol. The minimum Gasteiger partial charge on any atom is -0.506 e. The Morgan fingerprint density at radius 1 is 1.57 bits per heavy atom. The summed E-state index contributed by atoms with van der Waals surface area (Å²) in [5.41, 5.74) is 5.75. The van der Waals surface area contributed by atoms with Crippen molar-refractivity contribution in [2.75, 3.05) is 0 Å². The molecule has 4 N–H and O–H groups in total. The lowest BCUT2D eigenvalue weighted by atomic mass is 10.1. The van der Waals surface area contributed by atoms with Gasteiger partial charge in [0.1, 0.15) is 11.8 Å². The standard InChI is InChI=1S/C9H10ClNO3/c10-6-3-1-2-5(8(6)12)4-7(11)9(13)14/h1-3,7,12H,4,11H2,(H,13,14)/t7-/m1/s1. The van der Waals surface area contributed by atoms with Gasteiger partial charge >= 0.3 is 5.97 Å². The number of carbonyl (C=O) groups is 1.